The fourth-order valence-corrected chi connectivity index (χ4v) is 10.4. The highest BCUT2D eigenvalue weighted by Gasteiger charge is 2.44. The van der Waals surface area contributed by atoms with Gasteiger partial charge in [0.05, 0.1) is 5.69 Å². The first-order chi connectivity index (χ1) is 31.0. The largest absolute Gasteiger partial charge is 0.455 e. The second-order valence-corrected chi connectivity index (χ2v) is 21.5. The molecular formula is C61H57BN2O. The molecule has 2 aliphatic heterocycles. The van der Waals surface area contributed by atoms with Crippen molar-refractivity contribution in [1.82, 2.24) is 0 Å². The van der Waals surface area contributed by atoms with Crippen molar-refractivity contribution in [3.05, 3.63) is 186 Å². The molecule has 0 spiro atoms. The van der Waals surface area contributed by atoms with Gasteiger partial charge in [-0.15, -0.1) is 0 Å². The maximum absolute atomic E-state index is 6.63. The van der Waals surface area contributed by atoms with Gasteiger partial charge in [0.15, 0.2) is 0 Å². The Balaban J connectivity index is 1.21. The highest BCUT2D eigenvalue weighted by Crippen LogP contribution is 2.49. The molecule has 0 unspecified atom stereocenters. The minimum atomic E-state index is -0.0453. The maximum atomic E-state index is 6.63. The summed E-state index contributed by atoms with van der Waals surface area (Å²) in [5.41, 5.74) is 22.8. The van der Waals surface area contributed by atoms with Gasteiger partial charge in [-0.3, -0.25) is 0 Å². The zero-order valence-corrected chi connectivity index (χ0v) is 39.5. The Hall–Kier alpha value is -6.78. The zero-order chi connectivity index (χ0) is 45.2. The molecule has 3 heterocycles. The summed E-state index contributed by atoms with van der Waals surface area (Å²) in [4.78, 5) is 5.13. The lowest BCUT2D eigenvalue weighted by Gasteiger charge is -2.45. The lowest BCUT2D eigenvalue weighted by Crippen LogP contribution is -2.61. The predicted molar refractivity (Wildman–Crippen MR) is 279 cm³/mol. The van der Waals surface area contributed by atoms with Gasteiger partial charge in [-0.1, -0.05) is 172 Å². The number of benzene rings is 8. The van der Waals surface area contributed by atoms with E-state index >= 15 is 0 Å². The van der Waals surface area contributed by atoms with Crippen LogP contribution in [0.2, 0.25) is 0 Å². The van der Waals surface area contributed by atoms with E-state index in [-0.39, 0.29) is 23.0 Å². The van der Waals surface area contributed by atoms with Crippen molar-refractivity contribution in [2.45, 2.75) is 85.5 Å². The van der Waals surface area contributed by atoms with Crippen LogP contribution in [-0.4, -0.2) is 6.71 Å². The number of hydrogen-bond acceptors (Lipinski definition) is 3. The SMILES string of the molecule is Cc1cc2c3c(c1)N(c1ccc(-c4cccc5c4oc4ccccc45)cc1-c1ccccc1)c1ccc(C(C)(C)C)cc1B3c1cc(C(C)(C)C)ccc1N2c1ccc(C(C)(C)C)cc1. The van der Waals surface area contributed by atoms with E-state index in [1.165, 1.54) is 72.6 Å². The third-order valence-corrected chi connectivity index (χ3v) is 14.0. The number of rotatable bonds is 4. The normalized spacial score (nSPS) is 13.6. The Labute approximate surface area is 385 Å². The first kappa shape index (κ1) is 41.0. The Morgan fingerprint density at radius 2 is 0.969 bits per heavy atom. The number of para-hydroxylation sites is 2. The van der Waals surface area contributed by atoms with E-state index in [0.29, 0.717) is 0 Å². The Bertz CT molecular complexity index is 3340. The van der Waals surface area contributed by atoms with Gasteiger partial charge >= 0.3 is 0 Å². The third kappa shape index (κ3) is 6.71. The predicted octanol–water partition coefficient (Wildman–Crippen LogP) is 15.2. The fourth-order valence-electron chi connectivity index (χ4n) is 10.4. The lowest BCUT2D eigenvalue weighted by molar-refractivity contribution is 0.590. The van der Waals surface area contributed by atoms with Crippen molar-refractivity contribution >= 4 is 79.2 Å². The molecule has 3 nitrogen and oxygen atoms in total. The number of hydrogen-bond donors (Lipinski definition) is 0. The van der Waals surface area contributed by atoms with Gasteiger partial charge in [-0.25, -0.2) is 0 Å². The molecule has 9 aromatic rings. The number of nitrogens with zero attached hydrogens (tertiary/aromatic N) is 2. The van der Waals surface area contributed by atoms with Crippen molar-refractivity contribution < 1.29 is 4.42 Å². The van der Waals surface area contributed by atoms with Gasteiger partial charge in [0.1, 0.15) is 11.2 Å². The number of furan rings is 1. The van der Waals surface area contributed by atoms with Gasteiger partial charge < -0.3 is 14.2 Å². The van der Waals surface area contributed by atoms with Gasteiger partial charge in [0.25, 0.3) is 6.71 Å². The Morgan fingerprint density at radius 1 is 0.415 bits per heavy atom. The van der Waals surface area contributed by atoms with Gasteiger partial charge in [-0.05, 0) is 128 Å². The van der Waals surface area contributed by atoms with E-state index in [2.05, 4.69) is 237 Å². The van der Waals surface area contributed by atoms with Crippen LogP contribution < -0.4 is 26.2 Å². The van der Waals surface area contributed by atoms with Crippen molar-refractivity contribution in [2.75, 3.05) is 9.80 Å². The third-order valence-electron chi connectivity index (χ3n) is 14.0. The van der Waals surface area contributed by atoms with E-state index in [4.69, 9.17) is 4.42 Å². The van der Waals surface area contributed by atoms with Crippen LogP contribution in [0, 0.1) is 6.92 Å². The maximum Gasteiger partial charge on any atom is 0.252 e. The molecule has 1 aromatic heterocycles. The quantitative estimate of drug-likeness (QED) is 0.165. The lowest BCUT2D eigenvalue weighted by atomic mass is 9.33. The summed E-state index contributed by atoms with van der Waals surface area (Å²) in [7, 11) is 0. The van der Waals surface area contributed by atoms with Crippen LogP contribution in [-0.2, 0) is 16.2 Å². The summed E-state index contributed by atoms with van der Waals surface area (Å²) in [5.74, 6) is 0. The minimum Gasteiger partial charge on any atom is -0.455 e. The second kappa shape index (κ2) is 14.6. The highest BCUT2D eigenvalue weighted by molar-refractivity contribution is 7.00. The molecule has 2 aliphatic rings. The van der Waals surface area contributed by atoms with Crippen molar-refractivity contribution in [3.63, 3.8) is 0 Å². The molecule has 0 saturated carbocycles. The molecule has 0 fully saturated rings. The summed E-state index contributed by atoms with van der Waals surface area (Å²) in [6.45, 7) is 23.2. The molecule has 4 heteroatoms. The van der Waals surface area contributed by atoms with E-state index in [1.54, 1.807) is 0 Å². The molecule has 0 amide bonds. The average Bonchev–Trinajstić information content (AvgIpc) is 3.67. The van der Waals surface area contributed by atoms with Gasteiger partial charge in [0.2, 0.25) is 0 Å². The first-order valence-corrected chi connectivity index (χ1v) is 23.3. The first-order valence-electron chi connectivity index (χ1n) is 23.3. The van der Waals surface area contributed by atoms with Crippen molar-refractivity contribution in [3.8, 4) is 22.3 Å². The van der Waals surface area contributed by atoms with Crippen LogP contribution in [0.15, 0.2) is 168 Å². The molecule has 11 rings (SSSR count). The summed E-state index contributed by atoms with van der Waals surface area (Å²) < 4.78 is 6.63. The molecule has 8 aromatic carbocycles. The van der Waals surface area contributed by atoms with E-state index in [9.17, 15) is 0 Å². The molecule has 0 radical (unpaired) electrons. The fraction of sp³-hybridized carbons (Fsp3) is 0.213. The molecule has 0 aliphatic carbocycles. The smallest absolute Gasteiger partial charge is 0.252 e. The molecule has 0 bridgehead atoms. The molecule has 320 valence electrons. The van der Waals surface area contributed by atoms with Gasteiger partial charge in [-0.2, -0.15) is 0 Å². The number of fused-ring (bicyclic) bond motifs is 7. The van der Waals surface area contributed by atoms with Crippen molar-refractivity contribution in [1.29, 1.82) is 0 Å². The summed E-state index contributed by atoms with van der Waals surface area (Å²) in [5, 5.41) is 2.27. The molecule has 0 atom stereocenters. The standard InChI is InChI=1S/C61H57BN2O/c1-38-33-54-57-55(34-38)64(51-30-23-40(35-48(51)39-17-12-11-13-18-39)45-20-16-21-47-46-19-14-15-22-56(46)65-58(45)47)53-32-27-43(61(8,9)10)37-50(53)62(57)49-36-42(60(5,6)7)26-31-52(49)63(54)44-28-24-41(25-29-44)59(2,3)4/h11-37H,1-10H3. The van der Waals surface area contributed by atoms with Crippen LogP contribution in [0.25, 0.3) is 44.2 Å². The Morgan fingerprint density at radius 3 is 1.62 bits per heavy atom. The summed E-state index contributed by atoms with van der Waals surface area (Å²) in [6, 6.07) is 61.6. The van der Waals surface area contributed by atoms with E-state index < -0.39 is 0 Å². The van der Waals surface area contributed by atoms with Crippen LogP contribution in [0.4, 0.5) is 34.1 Å². The topological polar surface area (TPSA) is 19.6 Å². The van der Waals surface area contributed by atoms with Crippen LogP contribution in [0.5, 0.6) is 0 Å². The van der Waals surface area contributed by atoms with Crippen LogP contribution in [0.3, 0.4) is 0 Å². The zero-order valence-electron chi connectivity index (χ0n) is 39.5. The monoisotopic (exact) mass is 844 g/mol. The van der Waals surface area contributed by atoms with Crippen LogP contribution in [0.1, 0.15) is 84.6 Å². The van der Waals surface area contributed by atoms with Crippen molar-refractivity contribution in [2.24, 2.45) is 0 Å². The minimum absolute atomic E-state index is 0.0154. The summed E-state index contributed by atoms with van der Waals surface area (Å²) >= 11 is 0. The number of anilines is 6. The molecular weight excluding hydrogens is 787 g/mol. The average molecular weight is 845 g/mol. The van der Waals surface area contributed by atoms with E-state index in [1.807, 2.05) is 6.07 Å². The number of aryl methyl sites for hydroxylation is 1. The molecule has 0 saturated heterocycles. The molecule has 0 N–H and O–H groups in total. The van der Waals surface area contributed by atoms with E-state index in [0.717, 1.165) is 44.3 Å². The van der Waals surface area contributed by atoms with Gasteiger partial charge in [0, 0.05) is 50.3 Å². The van der Waals surface area contributed by atoms with Crippen LogP contribution >= 0.6 is 0 Å². The second-order valence-electron chi connectivity index (χ2n) is 21.5. The molecule has 65 heavy (non-hydrogen) atoms. The summed E-state index contributed by atoms with van der Waals surface area (Å²) in [6.07, 6.45) is 0. The Kier molecular flexibility index (Phi) is 9.22. The highest BCUT2D eigenvalue weighted by atomic mass is 16.3.